The van der Waals surface area contributed by atoms with E-state index in [1.165, 1.54) is 22.3 Å². The summed E-state index contributed by atoms with van der Waals surface area (Å²) in [6.07, 6.45) is 4.05. The lowest BCUT2D eigenvalue weighted by Gasteiger charge is -2.32. The van der Waals surface area contributed by atoms with Crippen molar-refractivity contribution < 1.29 is 24.2 Å². The van der Waals surface area contributed by atoms with Crippen molar-refractivity contribution in [2.24, 2.45) is 5.92 Å². The second-order valence-corrected chi connectivity index (χ2v) is 10.5. The number of hydrogen-bond donors (Lipinski definition) is 2. The van der Waals surface area contributed by atoms with Crippen LogP contribution < -0.4 is 5.32 Å². The molecule has 3 fully saturated rings. The molecule has 0 aromatic heterocycles. The highest BCUT2D eigenvalue weighted by Gasteiger charge is 2.59. The Labute approximate surface area is 204 Å². The van der Waals surface area contributed by atoms with E-state index in [-0.39, 0.29) is 36.4 Å². The van der Waals surface area contributed by atoms with Gasteiger partial charge in [-0.3, -0.25) is 4.79 Å². The lowest BCUT2D eigenvalue weighted by Crippen LogP contribution is -2.52. The third-order valence-electron chi connectivity index (χ3n) is 8.69. The molecule has 0 radical (unpaired) electrons. The third-order valence-corrected chi connectivity index (χ3v) is 8.69. The molecule has 1 saturated carbocycles. The zero-order valence-corrected chi connectivity index (χ0v) is 19.6. The van der Waals surface area contributed by atoms with E-state index in [0.29, 0.717) is 32.1 Å². The first-order chi connectivity index (χ1) is 17.0. The molecule has 2 heterocycles. The number of nitrogens with zero attached hydrogens (tertiary/aromatic N) is 1. The first-order valence-corrected chi connectivity index (χ1v) is 12.7. The SMILES string of the molecule is O=C(N[C@@H]1CC[C@H](C(=O)N2C3CCC2(C(=O)O)CC3)C1)OCC1c2ccccc2-c2ccccc21. The van der Waals surface area contributed by atoms with Crippen LogP contribution in [0.15, 0.2) is 48.5 Å². The number of amides is 2. The van der Waals surface area contributed by atoms with Gasteiger partial charge in [-0.1, -0.05) is 48.5 Å². The van der Waals surface area contributed by atoms with Crippen molar-refractivity contribution >= 4 is 18.0 Å². The predicted octanol–water partition coefficient (Wildman–Crippen LogP) is 4.30. The Balaban J connectivity index is 1.06. The van der Waals surface area contributed by atoms with E-state index in [9.17, 15) is 19.5 Å². The van der Waals surface area contributed by atoms with Crippen molar-refractivity contribution in [1.29, 1.82) is 0 Å². The Morgan fingerprint density at radius 1 is 0.943 bits per heavy atom. The van der Waals surface area contributed by atoms with Gasteiger partial charge in [0, 0.05) is 23.9 Å². The van der Waals surface area contributed by atoms with Crippen LogP contribution in [0.3, 0.4) is 0 Å². The number of carboxylic acid groups (broad SMARTS) is 1. The zero-order chi connectivity index (χ0) is 24.2. The maximum absolute atomic E-state index is 13.3. The summed E-state index contributed by atoms with van der Waals surface area (Å²) in [5.74, 6) is -1.17. The molecule has 2 aliphatic heterocycles. The fraction of sp³-hybridized carbons (Fsp3) is 0.464. The van der Waals surface area contributed by atoms with Gasteiger partial charge in [-0.05, 0) is 67.2 Å². The number of fused-ring (bicyclic) bond motifs is 5. The molecular weight excluding hydrogens is 444 g/mol. The van der Waals surface area contributed by atoms with Crippen LogP contribution in [0.25, 0.3) is 11.1 Å². The van der Waals surface area contributed by atoms with E-state index in [2.05, 4.69) is 29.6 Å². The quantitative estimate of drug-likeness (QED) is 0.674. The smallest absolute Gasteiger partial charge is 0.407 e. The van der Waals surface area contributed by atoms with Crippen LogP contribution in [0, 0.1) is 5.92 Å². The van der Waals surface area contributed by atoms with Crippen LogP contribution in [0.2, 0.25) is 0 Å². The van der Waals surface area contributed by atoms with E-state index >= 15 is 0 Å². The molecule has 2 saturated heterocycles. The van der Waals surface area contributed by atoms with Crippen LogP contribution in [-0.2, 0) is 14.3 Å². The van der Waals surface area contributed by atoms with Crippen LogP contribution in [0.4, 0.5) is 4.79 Å². The number of carbonyl (C=O) groups is 3. The molecule has 0 spiro atoms. The van der Waals surface area contributed by atoms with E-state index in [1.807, 2.05) is 24.3 Å². The number of nitrogens with one attached hydrogen (secondary N) is 1. The third kappa shape index (κ3) is 3.51. The zero-order valence-electron chi connectivity index (χ0n) is 19.6. The summed E-state index contributed by atoms with van der Waals surface area (Å²) in [4.78, 5) is 39.6. The minimum Gasteiger partial charge on any atom is -0.479 e. The average molecular weight is 475 g/mol. The molecule has 2 atom stereocenters. The molecular formula is C28H30N2O5. The molecule has 2 bridgehead atoms. The lowest BCUT2D eigenvalue weighted by atomic mass is 9.88. The molecule has 7 heteroatoms. The second-order valence-electron chi connectivity index (χ2n) is 10.5. The maximum Gasteiger partial charge on any atom is 0.407 e. The highest BCUT2D eigenvalue weighted by Crippen LogP contribution is 2.48. The molecule has 2 N–H and O–H groups in total. The number of carbonyl (C=O) groups excluding carboxylic acids is 2. The van der Waals surface area contributed by atoms with Gasteiger partial charge in [0.15, 0.2) is 0 Å². The van der Waals surface area contributed by atoms with Gasteiger partial charge in [-0.25, -0.2) is 9.59 Å². The van der Waals surface area contributed by atoms with Gasteiger partial charge in [0.25, 0.3) is 0 Å². The normalized spacial score (nSPS) is 28.6. The highest BCUT2D eigenvalue weighted by atomic mass is 16.5. The van der Waals surface area contributed by atoms with Crippen molar-refractivity contribution in [2.45, 2.75) is 68.5 Å². The van der Waals surface area contributed by atoms with Gasteiger partial charge >= 0.3 is 12.1 Å². The van der Waals surface area contributed by atoms with Crippen LogP contribution in [-0.4, -0.2) is 52.2 Å². The van der Waals surface area contributed by atoms with Crippen molar-refractivity contribution in [1.82, 2.24) is 10.2 Å². The molecule has 2 aromatic rings. The minimum atomic E-state index is -1.01. The molecule has 182 valence electrons. The topological polar surface area (TPSA) is 95.9 Å². The molecule has 2 aliphatic carbocycles. The number of ether oxygens (including phenoxy) is 1. The average Bonchev–Trinajstić information content (AvgIpc) is 3.64. The summed E-state index contributed by atoms with van der Waals surface area (Å²) in [5, 5.41) is 12.8. The monoisotopic (exact) mass is 474 g/mol. The number of hydrogen-bond acceptors (Lipinski definition) is 4. The first kappa shape index (κ1) is 22.1. The number of aliphatic carboxylic acids is 1. The number of benzene rings is 2. The largest absolute Gasteiger partial charge is 0.479 e. The Bertz CT molecular complexity index is 1140. The Morgan fingerprint density at radius 3 is 2.20 bits per heavy atom. The van der Waals surface area contributed by atoms with Gasteiger partial charge in [-0.2, -0.15) is 0 Å². The fourth-order valence-corrected chi connectivity index (χ4v) is 6.98. The molecule has 0 unspecified atom stereocenters. The summed E-state index contributed by atoms with van der Waals surface area (Å²) in [6, 6.07) is 16.4. The van der Waals surface area contributed by atoms with Crippen molar-refractivity contribution in [3.05, 3.63) is 59.7 Å². The van der Waals surface area contributed by atoms with Gasteiger partial charge in [0.2, 0.25) is 5.91 Å². The highest BCUT2D eigenvalue weighted by molar-refractivity contribution is 5.90. The molecule has 7 nitrogen and oxygen atoms in total. The van der Waals surface area contributed by atoms with E-state index in [4.69, 9.17) is 4.74 Å². The molecule has 2 amide bonds. The minimum absolute atomic E-state index is 0.00362. The van der Waals surface area contributed by atoms with Gasteiger partial charge in [0.05, 0.1) is 0 Å². The number of rotatable bonds is 5. The molecule has 35 heavy (non-hydrogen) atoms. The Kier molecular flexibility index (Phi) is 5.31. The maximum atomic E-state index is 13.3. The predicted molar refractivity (Wildman–Crippen MR) is 129 cm³/mol. The molecule has 4 aliphatic rings. The van der Waals surface area contributed by atoms with Gasteiger partial charge < -0.3 is 20.1 Å². The van der Waals surface area contributed by atoms with Gasteiger partial charge in [0.1, 0.15) is 12.1 Å². The van der Waals surface area contributed by atoms with Crippen LogP contribution in [0.1, 0.15) is 62.0 Å². The molecule has 2 aromatic carbocycles. The van der Waals surface area contributed by atoms with Crippen LogP contribution >= 0.6 is 0 Å². The van der Waals surface area contributed by atoms with Crippen molar-refractivity contribution in [3.63, 3.8) is 0 Å². The van der Waals surface area contributed by atoms with Crippen molar-refractivity contribution in [2.75, 3.05) is 6.61 Å². The summed E-state index contributed by atoms with van der Waals surface area (Å²) in [5.41, 5.74) is 3.69. The van der Waals surface area contributed by atoms with E-state index in [1.54, 1.807) is 4.90 Å². The Morgan fingerprint density at radius 2 is 1.57 bits per heavy atom. The lowest BCUT2D eigenvalue weighted by molar-refractivity contribution is -0.157. The van der Waals surface area contributed by atoms with E-state index < -0.39 is 17.6 Å². The molecule has 6 rings (SSSR count). The van der Waals surface area contributed by atoms with Crippen LogP contribution in [0.5, 0.6) is 0 Å². The first-order valence-electron chi connectivity index (χ1n) is 12.7. The number of alkyl carbamates (subject to hydrolysis) is 1. The summed E-state index contributed by atoms with van der Waals surface area (Å²) in [7, 11) is 0. The summed E-state index contributed by atoms with van der Waals surface area (Å²) >= 11 is 0. The number of carboxylic acids is 1. The second kappa shape index (κ2) is 8.40. The summed E-state index contributed by atoms with van der Waals surface area (Å²) < 4.78 is 5.67. The van der Waals surface area contributed by atoms with Crippen molar-refractivity contribution in [3.8, 4) is 11.1 Å². The Hall–Kier alpha value is -3.35. The standard InChI is InChI=1S/C28H30N2O5/c31-25(30-19-11-13-28(30,14-12-19)26(32)33)17-9-10-18(15-17)29-27(34)35-16-24-22-7-3-1-5-20(22)21-6-2-4-8-23(21)24/h1-8,17-19,24H,9-16H2,(H,29,34)(H,32,33)/t17-,18+,19?,28?/m0/s1. The van der Waals surface area contributed by atoms with E-state index in [0.717, 1.165) is 12.8 Å². The summed E-state index contributed by atoms with van der Waals surface area (Å²) in [6.45, 7) is 0.255. The fourth-order valence-electron chi connectivity index (χ4n) is 6.98. The van der Waals surface area contributed by atoms with Gasteiger partial charge in [-0.15, -0.1) is 0 Å².